The Hall–Kier alpha value is -1.10. The standard InChI is InChI=1S/C9H15FN4/c1-6-3-12-9(13(6)2)14-4-7(10)8(11)5-14/h3,7-8H,4-5,11H2,1-2H3/t7-,8-/m0/s1. The van der Waals surface area contributed by atoms with E-state index in [0.29, 0.717) is 13.1 Å². The van der Waals surface area contributed by atoms with E-state index in [0.717, 1.165) is 11.6 Å². The average Bonchev–Trinajstić information content (AvgIpc) is 2.61. The molecule has 1 saturated heterocycles. The molecule has 2 atom stereocenters. The van der Waals surface area contributed by atoms with Gasteiger partial charge in [-0.1, -0.05) is 0 Å². The lowest BCUT2D eigenvalue weighted by Gasteiger charge is -2.16. The molecule has 78 valence electrons. The fraction of sp³-hybridized carbons (Fsp3) is 0.667. The van der Waals surface area contributed by atoms with Crippen LogP contribution in [0.15, 0.2) is 6.20 Å². The van der Waals surface area contributed by atoms with Gasteiger partial charge in [0.25, 0.3) is 0 Å². The molecule has 4 nitrogen and oxygen atoms in total. The third-order valence-electron chi connectivity index (χ3n) is 2.77. The lowest BCUT2D eigenvalue weighted by atomic mass is 10.3. The second kappa shape index (κ2) is 3.24. The Morgan fingerprint density at radius 1 is 1.57 bits per heavy atom. The zero-order valence-corrected chi connectivity index (χ0v) is 8.44. The fourth-order valence-electron chi connectivity index (χ4n) is 1.73. The van der Waals surface area contributed by atoms with E-state index >= 15 is 0 Å². The molecule has 1 aliphatic heterocycles. The van der Waals surface area contributed by atoms with Gasteiger partial charge in [0.05, 0.1) is 18.8 Å². The molecule has 0 radical (unpaired) electrons. The number of nitrogens with two attached hydrogens (primary N) is 1. The van der Waals surface area contributed by atoms with Gasteiger partial charge in [-0.3, -0.25) is 0 Å². The van der Waals surface area contributed by atoms with Gasteiger partial charge in [0.2, 0.25) is 5.95 Å². The lowest BCUT2D eigenvalue weighted by molar-refractivity contribution is 0.333. The number of hydrogen-bond donors (Lipinski definition) is 1. The summed E-state index contributed by atoms with van der Waals surface area (Å²) in [5.74, 6) is 0.804. The summed E-state index contributed by atoms with van der Waals surface area (Å²) in [6, 6.07) is -0.382. The van der Waals surface area contributed by atoms with E-state index < -0.39 is 6.17 Å². The SMILES string of the molecule is Cc1cnc(N2C[C@H](N)[C@@H](F)C2)n1C. The Morgan fingerprint density at radius 2 is 2.29 bits per heavy atom. The Kier molecular flexibility index (Phi) is 2.19. The van der Waals surface area contributed by atoms with E-state index in [4.69, 9.17) is 5.73 Å². The summed E-state index contributed by atoms with van der Waals surface area (Å²) in [5.41, 5.74) is 6.67. The third-order valence-corrected chi connectivity index (χ3v) is 2.77. The van der Waals surface area contributed by atoms with Crippen LogP contribution in [-0.2, 0) is 7.05 Å². The van der Waals surface area contributed by atoms with Crippen molar-refractivity contribution in [2.45, 2.75) is 19.1 Å². The van der Waals surface area contributed by atoms with Crippen LogP contribution >= 0.6 is 0 Å². The molecule has 0 aromatic carbocycles. The summed E-state index contributed by atoms with van der Waals surface area (Å²) in [6.45, 7) is 2.87. The smallest absolute Gasteiger partial charge is 0.205 e. The van der Waals surface area contributed by atoms with Crippen LogP contribution < -0.4 is 10.6 Å². The minimum absolute atomic E-state index is 0.353. The van der Waals surface area contributed by atoms with Crippen LogP contribution in [0.25, 0.3) is 0 Å². The number of imidazole rings is 1. The van der Waals surface area contributed by atoms with Crippen LogP contribution in [0.2, 0.25) is 0 Å². The Bertz CT molecular complexity index is 326. The number of aromatic nitrogens is 2. The topological polar surface area (TPSA) is 47.1 Å². The molecule has 0 saturated carbocycles. The van der Waals surface area contributed by atoms with Crippen molar-refractivity contribution in [2.75, 3.05) is 18.0 Å². The van der Waals surface area contributed by atoms with Crippen LogP contribution in [0.3, 0.4) is 0 Å². The maximum atomic E-state index is 13.2. The number of halogens is 1. The van der Waals surface area contributed by atoms with Gasteiger partial charge in [0, 0.05) is 19.3 Å². The van der Waals surface area contributed by atoms with E-state index in [1.54, 1.807) is 6.20 Å². The van der Waals surface area contributed by atoms with Gasteiger partial charge in [0.1, 0.15) is 6.17 Å². The molecule has 2 heterocycles. The highest BCUT2D eigenvalue weighted by atomic mass is 19.1. The minimum atomic E-state index is -0.938. The minimum Gasteiger partial charge on any atom is -0.338 e. The Morgan fingerprint density at radius 3 is 2.71 bits per heavy atom. The lowest BCUT2D eigenvalue weighted by Crippen LogP contribution is -2.30. The molecule has 1 aliphatic rings. The van der Waals surface area contributed by atoms with Crippen LogP contribution in [0, 0.1) is 6.92 Å². The van der Waals surface area contributed by atoms with Crippen molar-refractivity contribution in [2.24, 2.45) is 12.8 Å². The molecule has 5 heteroatoms. The molecule has 1 aromatic heterocycles. The van der Waals surface area contributed by atoms with E-state index in [1.165, 1.54) is 0 Å². The second-order valence-electron chi connectivity index (χ2n) is 3.84. The van der Waals surface area contributed by atoms with Gasteiger partial charge in [-0.15, -0.1) is 0 Å². The van der Waals surface area contributed by atoms with Crippen molar-refractivity contribution in [3.63, 3.8) is 0 Å². The molecular weight excluding hydrogens is 183 g/mol. The first-order valence-corrected chi connectivity index (χ1v) is 4.72. The maximum Gasteiger partial charge on any atom is 0.205 e. The van der Waals surface area contributed by atoms with Crippen molar-refractivity contribution in [3.8, 4) is 0 Å². The highest BCUT2D eigenvalue weighted by Crippen LogP contribution is 2.20. The van der Waals surface area contributed by atoms with Gasteiger partial charge < -0.3 is 15.2 Å². The first-order chi connectivity index (χ1) is 6.59. The third kappa shape index (κ3) is 1.37. The van der Waals surface area contributed by atoms with Crippen molar-refractivity contribution in [1.82, 2.24) is 9.55 Å². The zero-order valence-electron chi connectivity index (χ0n) is 8.44. The molecule has 0 amide bonds. The number of hydrogen-bond acceptors (Lipinski definition) is 3. The molecule has 14 heavy (non-hydrogen) atoms. The van der Waals surface area contributed by atoms with E-state index in [-0.39, 0.29) is 6.04 Å². The quantitative estimate of drug-likeness (QED) is 0.702. The molecule has 1 aromatic rings. The van der Waals surface area contributed by atoms with Gasteiger partial charge in [0.15, 0.2) is 0 Å². The van der Waals surface area contributed by atoms with Crippen LogP contribution in [0.4, 0.5) is 10.3 Å². The first-order valence-electron chi connectivity index (χ1n) is 4.72. The predicted octanol–water partition coefficient (Wildman–Crippen LogP) is 0.214. The van der Waals surface area contributed by atoms with Gasteiger partial charge in [-0.25, -0.2) is 9.37 Å². The normalized spacial score (nSPS) is 27.3. The number of anilines is 1. The van der Waals surface area contributed by atoms with Crippen molar-refractivity contribution in [1.29, 1.82) is 0 Å². The van der Waals surface area contributed by atoms with Gasteiger partial charge >= 0.3 is 0 Å². The first kappa shape index (κ1) is 9.45. The molecule has 0 spiro atoms. The molecule has 2 rings (SSSR count). The maximum absolute atomic E-state index is 13.2. The highest BCUT2D eigenvalue weighted by molar-refractivity contribution is 5.36. The van der Waals surface area contributed by atoms with Crippen molar-refractivity contribution in [3.05, 3.63) is 11.9 Å². The molecule has 0 unspecified atom stereocenters. The number of nitrogens with zero attached hydrogens (tertiary/aromatic N) is 3. The summed E-state index contributed by atoms with van der Waals surface area (Å²) in [6.07, 6.45) is 0.846. The highest BCUT2D eigenvalue weighted by Gasteiger charge is 2.31. The summed E-state index contributed by atoms with van der Waals surface area (Å²) in [4.78, 5) is 6.12. The summed E-state index contributed by atoms with van der Waals surface area (Å²) >= 11 is 0. The average molecular weight is 198 g/mol. The van der Waals surface area contributed by atoms with Crippen LogP contribution in [0.1, 0.15) is 5.69 Å². The Labute approximate surface area is 82.5 Å². The van der Waals surface area contributed by atoms with Crippen LogP contribution in [0.5, 0.6) is 0 Å². The Balaban J connectivity index is 2.21. The summed E-state index contributed by atoms with van der Waals surface area (Å²) < 4.78 is 15.1. The second-order valence-corrected chi connectivity index (χ2v) is 3.84. The van der Waals surface area contributed by atoms with Gasteiger partial charge in [-0.05, 0) is 6.92 Å². The van der Waals surface area contributed by atoms with E-state index in [1.807, 2.05) is 23.4 Å². The van der Waals surface area contributed by atoms with E-state index in [2.05, 4.69) is 4.98 Å². The largest absolute Gasteiger partial charge is 0.338 e. The number of alkyl halides is 1. The molecule has 2 N–H and O–H groups in total. The molecule has 0 aliphatic carbocycles. The van der Waals surface area contributed by atoms with Gasteiger partial charge in [-0.2, -0.15) is 0 Å². The van der Waals surface area contributed by atoms with Crippen molar-refractivity contribution < 1.29 is 4.39 Å². The fourth-order valence-corrected chi connectivity index (χ4v) is 1.73. The molecule has 1 fully saturated rings. The van der Waals surface area contributed by atoms with Crippen molar-refractivity contribution >= 4 is 5.95 Å². The number of rotatable bonds is 1. The monoisotopic (exact) mass is 198 g/mol. The molecular formula is C9H15FN4. The summed E-state index contributed by atoms with van der Waals surface area (Å²) in [7, 11) is 1.93. The molecule has 0 bridgehead atoms. The predicted molar refractivity (Wildman–Crippen MR) is 53.0 cm³/mol. The number of aryl methyl sites for hydroxylation is 1. The van der Waals surface area contributed by atoms with E-state index in [9.17, 15) is 4.39 Å². The summed E-state index contributed by atoms with van der Waals surface area (Å²) in [5, 5.41) is 0. The van der Waals surface area contributed by atoms with Crippen LogP contribution in [-0.4, -0.2) is 34.9 Å². The zero-order chi connectivity index (χ0) is 10.3.